The number of hydrogen-bond donors (Lipinski definition) is 1. The highest BCUT2D eigenvalue weighted by Gasteiger charge is 2.15. The van der Waals surface area contributed by atoms with Gasteiger partial charge >= 0.3 is 0 Å². The lowest BCUT2D eigenvalue weighted by atomic mass is 10.1. The minimum atomic E-state index is 0.00504. The minimum Gasteiger partial charge on any atom is -0.337 e. The molecule has 19 heavy (non-hydrogen) atoms. The summed E-state index contributed by atoms with van der Waals surface area (Å²) in [7, 11) is 0. The maximum Gasteiger partial charge on any atom is 0.240 e. The molecule has 0 amide bonds. The van der Waals surface area contributed by atoms with E-state index >= 15 is 0 Å². The molecule has 5 nitrogen and oxygen atoms in total. The van der Waals surface area contributed by atoms with Crippen LogP contribution in [0.5, 0.6) is 0 Å². The van der Waals surface area contributed by atoms with Crippen LogP contribution in [0.1, 0.15) is 26.7 Å². The van der Waals surface area contributed by atoms with Crippen LogP contribution in [0.3, 0.4) is 0 Å². The fraction of sp³-hybridized carbons (Fsp3) is 0.417. The molecule has 0 aliphatic heterocycles. The summed E-state index contributed by atoms with van der Waals surface area (Å²) < 4.78 is 6.91. The van der Waals surface area contributed by atoms with Crippen molar-refractivity contribution < 1.29 is 4.52 Å². The zero-order valence-corrected chi connectivity index (χ0v) is 14.0. The topological polar surface area (TPSA) is 63.8 Å². The number of aromatic nitrogens is 3. The zero-order chi connectivity index (χ0) is 14.0. The highest BCUT2D eigenvalue weighted by atomic mass is 79.9. The lowest BCUT2D eigenvalue weighted by molar-refractivity contribution is 0.336. The second-order valence-electron chi connectivity index (χ2n) is 5.10. The van der Waals surface area contributed by atoms with Crippen molar-refractivity contribution in [2.75, 3.05) is 0 Å². The first-order valence-electron chi connectivity index (χ1n) is 5.74. The average Bonchev–Trinajstić information content (AvgIpc) is 2.74. The quantitative estimate of drug-likeness (QED) is 0.869. The predicted octanol–water partition coefficient (Wildman–Crippen LogP) is 3.54. The van der Waals surface area contributed by atoms with Crippen molar-refractivity contribution in [3.8, 4) is 11.5 Å². The van der Waals surface area contributed by atoms with Gasteiger partial charge in [0.1, 0.15) is 5.69 Å². The molecule has 2 rings (SSSR count). The maximum atomic E-state index is 5.20. The highest BCUT2D eigenvalue weighted by Crippen LogP contribution is 2.26. The molecule has 0 aliphatic rings. The number of hydrogen-bond acceptors (Lipinski definition) is 5. The molecule has 0 saturated carbocycles. The van der Waals surface area contributed by atoms with E-state index in [0.717, 1.165) is 8.95 Å². The summed E-state index contributed by atoms with van der Waals surface area (Å²) >= 11 is 6.79. The van der Waals surface area contributed by atoms with Crippen molar-refractivity contribution in [3.05, 3.63) is 27.1 Å². The van der Waals surface area contributed by atoms with Gasteiger partial charge in [-0.15, -0.1) is 0 Å². The smallest absolute Gasteiger partial charge is 0.240 e. The molecule has 1 N–H and O–H groups in total. The van der Waals surface area contributed by atoms with Gasteiger partial charge in [0.2, 0.25) is 11.7 Å². The SMILES string of the molecule is CC(C)(C)NCc1nc(-c2ncc(Br)cc2Br)no1. The van der Waals surface area contributed by atoms with Gasteiger partial charge in [-0.3, -0.25) is 4.98 Å². The molecule has 2 heterocycles. The Morgan fingerprint density at radius 3 is 2.68 bits per heavy atom. The highest BCUT2D eigenvalue weighted by molar-refractivity contribution is 9.11. The Kier molecular flexibility index (Phi) is 4.37. The van der Waals surface area contributed by atoms with E-state index in [9.17, 15) is 0 Å². The Hall–Kier alpha value is -0.790. The second kappa shape index (κ2) is 5.68. The van der Waals surface area contributed by atoms with Crippen LogP contribution in [-0.4, -0.2) is 20.7 Å². The summed E-state index contributed by atoms with van der Waals surface area (Å²) in [6, 6.07) is 1.89. The van der Waals surface area contributed by atoms with Gasteiger partial charge in [0.15, 0.2) is 0 Å². The van der Waals surface area contributed by atoms with Crippen LogP contribution in [0.15, 0.2) is 25.7 Å². The molecular formula is C12H14Br2N4O. The van der Waals surface area contributed by atoms with Gasteiger partial charge in [0.05, 0.1) is 6.54 Å². The maximum absolute atomic E-state index is 5.20. The molecular weight excluding hydrogens is 376 g/mol. The number of rotatable bonds is 3. The minimum absolute atomic E-state index is 0.00504. The Morgan fingerprint density at radius 2 is 2.05 bits per heavy atom. The van der Waals surface area contributed by atoms with E-state index in [2.05, 4.69) is 73.1 Å². The van der Waals surface area contributed by atoms with Crippen molar-refractivity contribution in [2.45, 2.75) is 32.9 Å². The van der Waals surface area contributed by atoms with Crippen LogP contribution in [0.4, 0.5) is 0 Å². The summed E-state index contributed by atoms with van der Waals surface area (Å²) in [5, 5.41) is 7.23. The molecule has 0 unspecified atom stereocenters. The van der Waals surface area contributed by atoms with Gasteiger partial charge in [-0.1, -0.05) is 5.16 Å². The zero-order valence-electron chi connectivity index (χ0n) is 10.9. The Morgan fingerprint density at radius 1 is 1.32 bits per heavy atom. The fourth-order valence-corrected chi connectivity index (χ4v) is 2.51. The molecule has 2 aromatic rings. The van der Waals surface area contributed by atoms with Crippen molar-refractivity contribution in [1.29, 1.82) is 0 Å². The van der Waals surface area contributed by atoms with E-state index in [1.165, 1.54) is 0 Å². The van der Waals surface area contributed by atoms with Crippen molar-refractivity contribution in [3.63, 3.8) is 0 Å². The molecule has 0 radical (unpaired) electrons. The standard InChI is InChI=1S/C12H14Br2N4O/c1-12(2,3)16-6-9-17-11(18-19-9)10-8(14)4-7(13)5-15-10/h4-5,16H,6H2,1-3H3. The van der Waals surface area contributed by atoms with Gasteiger partial charge in [-0.05, 0) is 58.7 Å². The number of nitrogens with one attached hydrogen (secondary N) is 1. The van der Waals surface area contributed by atoms with Crippen LogP contribution in [0, 0.1) is 0 Å². The van der Waals surface area contributed by atoms with Crippen molar-refractivity contribution >= 4 is 31.9 Å². The van der Waals surface area contributed by atoms with Crippen LogP contribution in [0.2, 0.25) is 0 Å². The lowest BCUT2D eigenvalue weighted by Crippen LogP contribution is -2.35. The third kappa shape index (κ3) is 4.09. The van der Waals surface area contributed by atoms with E-state index in [-0.39, 0.29) is 5.54 Å². The number of pyridine rings is 1. The molecule has 2 aromatic heterocycles. The Labute approximate surface area is 128 Å². The largest absolute Gasteiger partial charge is 0.337 e. The molecule has 0 saturated heterocycles. The Bertz CT molecular complexity index is 577. The van der Waals surface area contributed by atoms with Crippen molar-refractivity contribution in [1.82, 2.24) is 20.4 Å². The van der Waals surface area contributed by atoms with Crippen molar-refractivity contribution in [2.24, 2.45) is 0 Å². The van der Waals surface area contributed by atoms with Gasteiger partial charge in [-0.25, -0.2) is 0 Å². The van der Waals surface area contributed by atoms with Gasteiger partial charge < -0.3 is 9.84 Å². The first kappa shape index (κ1) is 14.6. The van der Waals surface area contributed by atoms with Crippen LogP contribution < -0.4 is 5.32 Å². The third-order valence-corrected chi connectivity index (χ3v) is 3.30. The molecule has 7 heteroatoms. The summed E-state index contributed by atoms with van der Waals surface area (Å²) in [5.74, 6) is 1.02. The monoisotopic (exact) mass is 388 g/mol. The first-order chi connectivity index (χ1) is 8.85. The van der Waals surface area contributed by atoms with E-state index < -0.39 is 0 Å². The third-order valence-electron chi connectivity index (χ3n) is 2.26. The van der Waals surface area contributed by atoms with Gasteiger partial charge in [0, 0.05) is 20.7 Å². The van der Waals surface area contributed by atoms with Gasteiger partial charge in [-0.2, -0.15) is 4.98 Å². The second-order valence-corrected chi connectivity index (χ2v) is 6.87. The average molecular weight is 390 g/mol. The predicted molar refractivity (Wildman–Crippen MR) is 79.5 cm³/mol. The molecule has 0 atom stereocenters. The molecule has 0 spiro atoms. The van der Waals surface area contributed by atoms with E-state index in [4.69, 9.17) is 4.52 Å². The van der Waals surface area contributed by atoms with E-state index in [1.54, 1.807) is 6.20 Å². The molecule has 0 bridgehead atoms. The Balaban J connectivity index is 2.16. The first-order valence-corrected chi connectivity index (χ1v) is 7.33. The van der Waals surface area contributed by atoms with Gasteiger partial charge in [0.25, 0.3) is 0 Å². The summed E-state index contributed by atoms with van der Waals surface area (Å²) in [4.78, 5) is 8.60. The van der Waals surface area contributed by atoms with Crippen LogP contribution in [-0.2, 0) is 6.54 Å². The van der Waals surface area contributed by atoms with Crippen LogP contribution >= 0.6 is 31.9 Å². The van der Waals surface area contributed by atoms with E-state index in [1.807, 2.05) is 6.07 Å². The molecule has 0 aromatic carbocycles. The lowest BCUT2D eigenvalue weighted by Gasteiger charge is -2.18. The molecule has 0 fully saturated rings. The summed E-state index contributed by atoms with van der Waals surface area (Å²) in [6.45, 7) is 6.77. The van der Waals surface area contributed by atoms with E-state index in [0.29, 0.717) is 24.0 Å². The molecule has 0 aliphatic carbocycles. The normalized spacial score (nSPS) is 11.8. The fourth-order valence-electron chi connectivity index (χ4n) is 1.34. The number of halogens is 2. The summed E-state index contributed by atoms with van der Waals surface area (Å²) in [5.41, 5.74) is 0.666. The van der Waals surface area contributed by atoms with Crippen LogP contribution in [0.25, 0.3) is 11.5 Å². The number of nitrogens with zero attached hydrogens (tertiary/aromatic N) is 3. The molecule has 102 valence electrons. The summed E-state index contributed by atoms with van der Waals surface area (Å²) in [6.07, 6.45) is 1.70.